The molecule has 1 fully saturated rings. The minimum Gasteiger partial charge on any atom is -0.396 e. The van der Waals surface area contributed by atoms with Gasteiger partial charge in [-0.2, -0.15) is 0 Å². The van der Waals surface area contributed by atoms with Crippen LogP contribution < -0.4 is 4.90 Å². The van der Waals surface area contributed by atoms with Crippen molar-refractivity contribution in [3.05, 3.63) is 21.0 Å². The van der Waals surface area contributed by atoms with E-state index in [1.165, 1.54) is 0 Å². The van der Waals surface area contributed by atoms with Gasteiger partial charge in [0.2, 0.25) is 0 Å². The third-order valence-electron chi connectivity index (χ3n) is 3.02. The van der Waals surface area contributed by atoms with E-state index in [9.17, 15) is 0 Å². The van der Waals surface area contributed by atoms with E-state index in [0.717, 1.165) is 35.2 Å². The summed E-state index contributed by atoms with van der Waals surface area (Å²) in [6.07, 6.45) is 3.90. The Morgan fingerprint density at radius 2 is 2.19 bits per heavy atom. The molecule has 0 spiro atoms. The molecule has 88 valence electrons. The molecule has 0 amide bonds. The van der Waals surface area contributed by atoms with Gasteiger partial charge in [0.1, 0.15) is 5.15 Å². The Bertz CT molecular complexity index is 367. The van der Waals surface area contributed by atoms with Gasteiger partial charge in [-0.15, -0.1) is 0 Å². The third-order valence-corrected chi connectivity index (χ3v) is 4.05. The molecular weight excluding hydrogens is 338 g/mol. The van der Waals surface area contributed by atoms with Crippen molar-refractivity contribution in [2.24, 2.45) is 5.92 Å². The molecule has 0 unspecified atom stereocenters. The first-order valence-electron chi connectivity index (χ1n) is 5.37. The van der Waals surface area contributed by atoms with Crippen molar-refractivity contribution in [3.63, 3.8) is 0 Å². The number of piperidine rings is 1. The van der Waals surface area contributed by atoms with E-state index in [0.29, 0.717) is 17.7 Å². The van der Waals surface area contributed by atoms with Gasteiger partial charge in [-0.25, -0.2) is 4.98 Å². The van der Waals surface area contributed by atoms with Crippen LogP contribution in [0.25, 0.3) is 0 Å². The number of aliphatic hydroxyl groups is 1. The lowest BCUT2D eigenvalue weighted by atomic mass is 9.97. The largest absolute Gasteiger partial charge is 0.396 e. The topological polar surface area (TPSA) is 36.4 Å². The van der Waals surface area contributed by atoms with Gasteiger partial charge in [0.05, 0.1) is 9.26 Å². The Hall–Kier alpha value is -0.0700. The molecule has 1 aromatic rings. The number of aromatic nitrogens is 1. The molecule has 0 bridgehead atoms. The lowest BCUT2D eigenvalue weighted by Gasteiger charge is -2.33. The van der Waals surface area contributed by atoms with Crippen LogP contribution in [0.5, 0.6) is 0 Å². The van der Waals surface area contributed by atoms with E-state index in [-0.39, 0.29) is 0 Å². The van der Waals surface area contributed by atoms with Crippen molar-refractivity contribution in [2.45, 2.75) is 12.8 Å². The fourth-order valence-electron chi connectivity index (χ4n) is 2.00. The van der Waals surface area contributed by atoms with Crippen molar-refractivity contribution in [1.82, 2.24) is 4.98 Å². The average Bonchev–Trinajstić information content (AvgIpc) is 2.32. The van der Waals surface area contributed by atoms with Gasteiger partial charge in [0, 0.05) is 25.9 Å². The normalized spacial score (nSPS) is 17.8. The number of anilines is 1. The lowest BCUT2D eigenvalue weighted by molar-refractivity contribution is 0.203. The van der Waals surface area contributed by atoms with Gasteiger partial charge >= 0.3 is 0 Å². The molecule has 3 nitrogen and oxygen atoms in total. The highest BCUT2D eigenvalue weighted by molar-refractivity contribution is 14.1. The Labute approximate surface area is 114 Å². The molecule has 1 aliphatic rings. The van der Waals surface area contributed by atoms with Gasteiger partial charge in [0.15, 0.2) is 0 Å². The predicted octanol–water partition coefficient (Wildman–Crippen LogP) is 2.55. The summed E-state index contributed by atoms with van der Waals surface area (Å²) in [7, 11) is 0. The van der Waals surface area contributed by atoms with E-state index in [2.05, 4.69) is 32.5 Å². The van der Waals surface area contributed by atoms with E-state index < -0.39 is 0 Å². The number of aliphatic hydroxyl groups excluding tert-OH is 1. The molecule has 1 saturated heterocycles. The van der Waals surface area contributed by atoms with E-state index >= 15 is 0 Å². The second-order valence-electron chi connectivity index (χ2n) is 4.07. The third kappa shape index (κ3) is 2.78. The summed E-state index contributed by atoms with van der Waals surface area (Å²) in [5.41, 5.74) is 1.16. The van der Waals surface area contributed by atoms with Gasteiger partial charge in [-0.05, 0) is 47.4 Å². The van der Waals surface area contributed by atoms with Crippen LogP contribution in [-0.2, 0) is 0 Å². The SMILES string of the molecule is OCC1CCN(c2cc(Cl)ncc2I)CC1. The van der Waals surface area contributed by atoms with Gasteiger partial charge < -0.3 is 10.0 Å². The molecule has 0 saturated carbocycles. The second kappa shape index (κ2) is 5.51. The van der Waals surface area contributed by atoms with Crippen LogP contribution in [0.1, 0.15) is 12.8 Å². The molecule has 0 atom stereocenters. The maximum absolute atomic E-state index is 9.10. The first kappa shape index (κ1) is 12.4. The highest BCUT2D eigenvalue weighted by Gasteiger charge is 2.20. The Kier molecular flexibility index (Phi) is 4.27. The standard InChI is InChI=1S/C11H14ClIN2O/c12-11-5-10(9(13)6-14-11)15-3-1-8(7-16)2-4-15/h5-6,8,16H,1-4,7H2. The summed E-state index contributed by atoms with van der Waals surface area (Å²) < 4.78 is 1.13. The van der Waals surface area contributed by atoms with Crippen LogP contribution in [0.4, 0.5) is 5.69 Å². The summed E-state index contributed by atoms with van der Waals surface area (Å²) in [5.74, 6) is 0.464. The van der Waals surface area contributed by atoms with Gasteiger partial charge in [-0.3, -0.25) is 0 Å². The molecule has 5 heteroatoms. The molecule has 2 rings (SSSR count). The zero-order valence-electron chi connectivity index (χ0n) is 8.87. The van der Waals surface area contributed by atoms with Crippen molar-refractivity contribution in [2.75, 3.05) is 24.6 Å². The summed E-state index contributed by atoms with van der Waals surface area (Å²) in [5, 5.41) is 9.64. The highest BCUT2D eigenvalue weighted by atomic mass is 127. The quantitative estimate of drug-likeness (QED) is 0.656. The van der Waals surface area contributed by atoms with Gasteiger partial charge in [-0.1, -0.05) is 11.6 Å². The number of hydrogen-bond donors (Lipinski definition) is 1. The van der Waals surface area contributed by atoms with Crippen molar-refractivity contribution < 1.29 is 5.11 Å². The first-order chi connectivity index (χ1) is 7.70. The molecule has 1 N–H and O–H groups in total. The molecule has 0 aromatic carbocycles. The maximum Gasteiger partial charge on any atom is 0.131 e. The predicted molar refractivity (Wildman–Crippen MR) is 74.0 cm³/mol. The van der Waals surface area contributed by atoms with Crippen LogP contribution >= 0.6 is 34.2 Å². The van der Waals surface area contributed by atoms with Crippen molar-refractivity contribution in [1.29, 1.82) is 0 Å². The number of pyridine rings is 1. The lowest BCUT2D eigenvalue weighted by Crippen LogP contribution is -2.35. The molecule has 1 aromatic heterocycles. The van der Waals surface area contributed by atoms with E-state index in [1.807, 2.05) is 6.07 Å². The summed E-state index contributed by atoms with van der Waals surface area (Å²) >= 11 is 8.19. The molecular formula is C11H14ClIN2O. The van der Waals surface area contributed by atoms with Crippen LogP contribution in [0, 0.1) is 9.49 Å². The monoisotopic (exact) mass is 352 g/mol. The smallest absolute Gasteiger partial charge is 0.131 e. The minimum absolute atomic E-state index is 0.308. The van der Waals surface area contributed by atoms with Crippen LogP contribution in [-0.4, -0.2) is 29.8 Å². The number of hydrogen-bond acceptors (Lipinski definition) is 3. The fourth-order valence-corrected chi connectivity index (χ4v) is 2.79. The van der Waals surface area contributed by atoms with E-state index in [4.69, 9.17) is 16.7 Å². The van der Waals surface area contributed by atoms with Crippen molar-refractivity contribution >= 4 is 39.9 Å². The van der Waals surface area contributed by atoms with Gasteiger partial charge in [0.25, 0.3) is 0 Å². The molecule has 16 heavy (non-hydrogen) atoms. The molecule has 0 aliphatic carbocycles. The molecule has 2 heterocycles. The fraction of sp³-hybridized carbons (Fsp3) is 0.545. The molecule has 0 radical (unpaired) electrons. The number of halogens is 2. The summed E-state index contributed by atoms with van der Waals surface area (Å²) in [6, 6.07) is 1.92. The molecule has 1 aliphatic heterocycles. The van der Waals surface area contributed by atoms with Crippen LogP contribution in [0.15, 0.2) is 12.3 Å². The zero-order valence-corrected chi connectivity index (χ0v) is 11.8. The van der Waals surface area contributed by atoms with E-state index in [1.54, 1.807) is 6.20 Å². The number of rotatable bonds is 2. The Morgan fingerprint density at radius 3 is 2.81 bits per heavy atom. The second-order valence-corrected chi connectivity index (χ2v) is 5.62. The highest BCUT2D eigenvalue weighted by Crippen LogP contribution is 2.28. The minimum atomic E-state index is 0.308. The summed E-state index contributed by atoms with van der Waals surface area (Å²) in [4.78, 5) is 6.38. The maximum atomic E-state index is 9.10. The number of nitrogens with zero attached hydrogens (tertiary/aromatic N) is 2. The van der Waals surface area contributed by atoms with Crippen LogP contribution in [0.2, 0.25) is 5.15 Å². The van der Waals surface area contributed by atoms with Crippen molar-refractivity contribution in [3.8, 4) is 0 Å². The summed E-state index contributed by atoms with van der Waals surface area (Å²) in [6.45, 7) is 2.28. The first-order valence-corrected chi connectivity index (χ1v) is 6.83. The Balaban J connectivity index is 2.10. The Morgan fingerprint density at radius 1 is 1.50 bits per heavy atom. The van der Waals surface area contributed by atoms with Crippen LogP contribution in [0.3, 0.4) is 0 Å². The zero-order chi connectivity index (χ0) is 11.5. The average molecular weight is 353 g/mol.